The Kier molecular flexibility index (Phi) is 9.12. The van der Waals surface area contributed by atoms with Gasteiger partial charge in [0.2, 0.25) is 0 Å². The predicted octanol–water partition coefficient (Wildman–Crippen LogP) is 2.79. The van der Waals surface area contributed by atoms with E-state index < -0.39 is 6.10 Å². The summed E-state index contributed by atoms with van der Waals surface area (Å²) >= 11 is 0. The predicted molar refractivity (Wildman–Crippen MR) is 122 cm³/mol. The fraction of sp³-hybridized carbons (Fsp3) is 0.458. The van der Waals surface area contributed by atoms with E-state index >= 15 is 0 Å². The maximum Gasteiger partial charge on any atom is 0.191 e. The van der Waals surface area contributed by atoms with Crippen LogP contribution in [0.25, 0.3) is 0 Å². The van der Waals surface area contributed by atoms with E-state index in [1.807, 2.05) is 13.0 Å². The second-order valence-electron chi connectivity index (χ2n) is 7.82. The first kappa shape index (κ1) is 23.0. The lowest BCUT2D eigenvalue weighted by Crippen LogP contribution is -2.48. The SMILES string of the molecule is CCNC(=NCC(O)COc1ccc(F)cc1)NC1CCN(Cc2ccccc2)CC1. The van der Waals surface area contributed by atoms with Gasteiger partial charge in [0.25, 0.3) is 0 Å². The van der Waals surface area contributed by atoms with Crippen LogP contribution in [0.2, 0.25) is 0 Å². The maximum atomic E-state index is 12.9. The van der Waals surface area contributed by atoms with Crippen molar-refractivity contribution in [2.75, 3.05) is 32.8 Å². The Balaban J connectivity index is 1.41. The molecule has 0 spiro atoms. The molecule has 1 aliphatic rings. The standard InChI is InChI=1S/C24H33FN4O2/c1-2-26-24(27-16-22(30)18-31-23-10-8-20(25)9-11-23)28-21-12-14-29(15-13-21)17-19-6-4-3-5-7-19/h3-11,21-22,30H,2,12-18H2,1H3,(H2,26,27,28). The van der Waals surface area contributed by atoms with Crippen molar-refractivity contribution < 1.29 is 14.2 Å². The highest BCUT2D eigenvalue weighted by molar-refractivity contribution is 5.80. The van der Waals surface area contributed by atoms with Gasteiger partial charge < -0.3 is 20.5 Å². The van der Waals surface area contributed by atoms with Gasteiger partial charge in [-0.05, 0) is 49.6 Å². The number of nitrogens with one attached hydrogen (secondary N) is 2. The summed E-state index contributed by atoms with van der Waals surface area (Å²) < 4.78 is 18.4. The van der Waals surface area contributed by atoms with Gasteiger partial charge in [0.15, 0.2) is 5.96 Å². The van der Waals surface area contributed by atoms with Gasteiger partial charge in [0, 0.05) is 32.2 Å². The van der Waals surface area contributed by atoms with E-state index in [0.29, 0.717) is 17.8 Å². The molecule has 1 aliphatic heterocycles. The largest absolute Gasteiger partial charge is 0.491 e. The third kappa shape index (κ3) is 8.19. The summed E-state index contributed by atoms with van der Waals surface area (Å²) in [4.78, 5) is 6.99. The minimum absolute atomic E-state index is 0.104. The molecule has 0 amide bonds. The van der Waals surface area contributed by atoms with E-state index in [4.69, 9.17) is 4.74 Å². The van der Waals surface area contributed by atoms with Crippen LogP contribution in [0.3, 0.4) is 0 Å². The fourth-order valence-electron chi connectivity index (χ4n) is 3.56. The van der Waals surface area contributed by atoms with E-state index in [1.54, 1.807) is 12.1 Å². The summed E-state index contributed by atoms with van der Waals surface area (Å²) in [5, 5.41) is 16.9. The highest BCUT2D eigenvalue weighted by Crippen LogP contribution is 2.14. The zero-order chi connectivity index (χ0) is 21.9. The highest BCUT2D eigenvalue weighted by atomic mass is 19.1. The molecule has 31 heavy (non-hydrogen) atoms. The molecule has 1 saturated heterocycles. The third-order valence-corrected chi connectivity index (χ3v) is 5.24. The summed E-state index contributed by atoms with van der Waals surface area (Å²) in [6, 6.07) is 16.7. The Morgan fingerprint density at radius 1 is 1.16 bits per heavy atom. The van der Waals surface area contributed by atoms with Crippen LogP contribution in [-0.2, 0) is 6.54 Å². The summed E-state index contributed by atoms with van der Waals surface area (Å²) in [6.07, 6.45) is 1.36. The number of aliphatic hydroxyl groups is 1. The van der Waals surface area contributed by atoms with Crippen LogP contribution in [0.4, 0.5) is 4.39 Å². The van der Waals surface area contributed by atoms with Gasteiger partial charge >= 0.3 is 0 Å². The average molecular weight is 429 g/mol. The molecular formula is C24H33FN4O2. The van der Waals surface area contributed by atoms with Crippen molar-refractivity contribution in [3.63, 3.8) is 0 Å². The Morgan fingerprint density at radius 3 is 2.55 bits per heavy atom. The highest BCUT2D eigenvalue weighted by Gasteiger charge is 2.20. The normalized spacial score (nSPS) is 16.7. The van der Waals surface area contributed by atoms with Gasteiger partial charge in [0.1, 0.15) is 24.3 Å². The van der Waals surface area contributed by atoms with Crippen LogP contribution in [0, 0.1) is 5.82 Å². The van der Waals surface area contributed by atoms with Gasteiger partial charge in [-0.2, -0.15) is 0 Å². The lowest BCUT2D eigenvalue weighted by Gasteiger charge is -2.33. The number of aliphatic imine (C=N–C) groups is 1. The number of aliphatic hydroxyl groups excluding tert-OH is 1. The number of rotatable bonds is 9. The van der Waals surface area contributed by atoms with Crippen LogP contribution in [0.1, 0.15) is 25.3 Å². The number of halogens is 1. The van der Waals surface area contributed by atoms with Crippen molar-refractivity contribution in [2.24, 2.45) is 4.99 Å². The van der Waals surface area contributed by atoms with Gasteiger partial charge in [-0.1, -0.05) is 30.3 Å². The van der Waals surface area contributed by atoms with E-state index in [0.717, 1.165) is 39.0 Å². The number of ether oxygens (including phenoxy) is 1. The van der Waals surface area contributed by atoms with Crippen molar-refractivity contribution in [2.45, 2.75) is 38.5 Å². The Hall–Kier alpha value is -2.64. The molecule has 1 unspecified atom stereocenters. The van der Waals surface area contributed by atoms with Crippen molar-refractivity contribution >= 4 is 5.96 Å². The molecule has 1 atom stereocenters. The molecule has 168 valence electrons. The summed E-state index contributed by atoms with van der Waals surface area (Å²) in [5.41, 5.74) is 1.35. The zero-order valence-electron chi connectivity index (χ0n) is 18.1. The van der Waals surface area contributed by atoms with E-state index in [9.17, 15) is 9.50 Å². The van der Waals surface area contributed by atoms with Crippen LogP contribution in [0.5, 0.6) is 5.75 Å². The number of hydrogen-bond donors (Lipinski definition) is 3. The van der Waals surface area contributed by atoms with Crippen LogP contribution in [0.15, 0.2) is 59.6 Å². The van der Waals surface area contributed by atoms with Crippen LogP contribution >= 0.6 is 0 Å². The Labute approximate surface area is 184 Å². The van der Waals surface area contributed by atoms with Crippen molar-refractivity contribution in [3.8, 4) is 5.75 Å². The number of nitrogens with zero attached hydrogens (tertiary/aromatic N) is 2. The van der Waals surface area contributed by atoms with Gasteiger partial charge in [-0.15, -0.1) is 0 Å². The lowest BCUT2D eigenvalue weighted by atomic mass is 10.0. The third-order valence-electron chi connectivity index (χ3n) is 5.24. The molecule has 1 fully saturated rings. The first-order chi connectivity index (χ1) is 15.1. The van der Waals surface area contributed by atoms with E-state index in [2.05, 4.69) is 44.8 Å². The van der Waals surface area contributed by atoms with E-state index in [1.165, 1.54) is 17.7 Å². The second-order valence-corrected chi connectivity index (χ2v) is 7.82. The monoisotopic (exact) mass is 428 g/mol. The molecule has 2 aromatic rings. The summed E-state index contributed by atoms with van der Waals surface area (Å²) in [7, 11) is 0. The molecular weight excluding hydrogens is 395 g/mol. The van der Waals surface area contributed by atoms with Crippen molar-refractivity contribution in [1.29, 1.82) is 0 Å². The molecule has 6 nitrogen and oxygen atoms in total. The molecule has 0 aliphatic carbocycles. The number of likely N-dealkylation sites (tertiary alicyclic amines) is 1. The zero-order valence-corrected chi connectivity index (χ0v) is 18.1. The molecule has 0 radical (unpaired) electrons. The van der Waals surface area contributed by atoms with Crippen molar-refractivity contribution in [3.05, 3.63) is 66.0 Å². The molecule has 3 N–H and O–H groups in total. The number of guanidine groups is 1. The molecule has 0 aromatic heterocycles. The molecule has 1 heterocycles. The Morgan fingerprint density at radius 2 is 1.87 bits per heavy atom. The number of piperidine rings is 1. The average Bonchev–Trinajstić information content (AvgIpc) is 2.79. The summed E-state index contributed by atoms with van der Waals surface area (Å²) in [6.45, 7) is 6.17. The second kappa shape index (κ2) is 12.3. The van der Waals surface area contributed by atoms with Crippen LogP contribution < -0.4 is 15.4 Å². The molecule has 2 aromatic carbocycles. The fourth-order valence-corrected chi connectivity index (χ4v) is 3.56. The number of hydrogen-bond acceptors (Lipinski definition) is 4. The van der Waals surface area contributed by atoms with Crippen molar-refractivity contribution in [1.82, 2.24) is 15.5 Å². The van der Waals surface area contributed by atoms with Crippen LogP contribution in [-0.4, -0.2) is 60.9 Å². The first-order valence-electron chi connectivity index (χ1n) is 11.0. The smallest absolute Gasteiger partial charge is 0.191 e. The minimum Gasteiger partial charge on any atom is -0.491 e. The van der Waals surface area contributed by atoms with Gasteiger partial charge in [-0.3, -0.25) is 9.89 Å². The maximum absolute atomic E-state index is 12.9. The van der Waals surface area contributed by atoms with E-state index in [-0.39, 0.29) is 19.0 Å². The molecule has 0 saturated carbocycles. The first-order valence-corrected chi connectivity index (χ1v) is 11.0. The molecule has 0 bridgehead atoms. The van der Waals surface area contributed by atoms with Gasteiger partial charge in [-0.25, -0.2) is 4.39 Å². The lowest BCUT2D eigenvalue weighted by molar-refractivity contribution is 0.114. The quantitative estimate of drug-likeness (QED) is 0.423. The molecule has 7 heteroatoms. The number of benzene rings is 2. The van der Waals surface area contributed by atoms with Gasteiger partial charge in [0.05, 0.1) is 6.54 Å². The minimum atomic E-state index is -0.742. The molecule has 3 rings (SSSR count). The Bertz CT molecular complexity index is 793. The summed E-state index contributed by atoms with van der Waals surface area (Å²) in [5.74, 6) is 0.923. The topological polar surface area (TPSA) is 69.1 Å².